The molecule has 206 valence electrons. The van der Waals surface area contributed by atoms with Gasteiger partial charge in [-0.1, -0.05) is 18.2 Å². The van der Waals surface area contributed by atoms with E-state index in [4.69, 9.17) is 30.5 Å². The quantitative estimate of drug-likeness (QED) is 0.265. The van der Waals surface area contributed by atoms with E-state index in [1.54, 1.807) is 0 Å². The van der Waals surface area contributed by atoms with E-state index in [0.29, 0.717) is 73.1 Å². The van der Waals surface area contributed by atoms with Crippen molar-refractivity contribution in [1.29, 1.82) is 0 Å². The van der Waals surface area contributed by atoms with Crippen molar-refractivity contribution in [2.24, 2.45) is 0 Å². The van der Waals surface area contributed by atoms with Crippen molar-refractivity contribution in [3.63, 3.8) is 0 Å². The van der Waals surface area contributed by atoms with E-state index in [9.17, 15) is 4.79 Å². The Bertz CT molecular complexity index is 1700. The molecule has 0 aliphatic carbocycles. The van der Waals surface area contributed by atoms with E-state index in [1.807, 2.05) is 34.7 Å². The number of oxazole rings is 1. The molecule has 1 aliphatic heterocycles. The molecule has 1 aliphatic rings. The van der Waals surface area contributed by atoms with Gasteiger partial charge in [-0.15, -0.1) is 0 Å². The lowest BCUT2D eigenvalue weighted by atomic mass is 9.97. The van der Waals surface area contributed by atoms with Gasteiger partial charge in [0, 0.05) is 25.3 Å². The Labute approximate surface area is 229 Å². The second-order valence-corrected chi connectivity index (χ2v) is 9.62. The number of nitrogens with zero attached hydrogens (tertiary/aromatic N) is 6. The maximum absolute atomic E-state index is 12.6. The van der Waals surface area contributed by atoms with Crippen LogP contribution in [0.3, 0.4) is 0 Å². The van der Waals surface area contributed by atoms with Crippen LogP contribution in [0.4, 0.5) is 11.8 Å². The summed E-state index contributed by atoms with van der Waals surface area (Å²) in [5.74, 6) is 0.341. The maximum Gasteiger partial charge on any atom is 0.292 e. The summed E-state index contributed by atoms with van der Waals surface area (Å²) < 4.78 is 18.0. The van der Waals surface area contributed by atoms with Crippen LogP contribution in [0.25, 0.3) is 33.4 Å². The summed E-state index contributed by atoms with van der Waals surface area (Å²) in [5, 5.41) is 5.57. The number of hydrogen-bond donors (Lipinski definition) is 2. The summed E-state index contributed by atoms with van der Waals surface area (Å²) in [6.45, 7) is 5.25. The van der Waals surface area contributed by atoms with Crippen molar-refractivity contribution in [2.45, 2.75) is 26.4 Å². The molecule has 6 rings (SSSR count). The minimum Gasteiger partial charge on any atom is -0.424 e. The van der Waals surface area contributed by atoms with Gasteiger partial charge in [0.2, 0.25) is 5.91 Å². The number of benzene rings is 2. The molecule has 2 aromatic carbocycles. The summed E-state index contributed by atoms with van der Waals surface area (Å²) in [4.78, 5) is 27.4. The molecule has 0 saturated carbocycles. The molecule has 0 fully saturated rings. The van der Waals surface area contributed by atoms with E-state index in [2.05, 4.69) is 33.2 Å². The second kappa shape index (κ2) is 10.9. The van der Waals surface area contributed by atoms with Gasteiger partial charge in [0.1, 0.15) is 30.0 Å². The average Bonchev–Trinajstić information content (AvgIpc) is 3.52. The fourth-order valence-electron chi connectivity index (χ4n) is 5.04. The molecule has 4 heterocycles. The Morgan fingerprint density at radius 3 is 2.83 bits per heavy atom. The van der Waals surface area contributed by atoms with Crippen molar-refractivity contribution in [3.8, 4) is 11.3 Å². The zero-order chi connectivity index (χ0) is 27.6. The minimum absolute atomic E-state index is 0.00877. The first-order valence-electron chi connectivity index (χ1n) is 13.2. The molecule has 1 amide bonds. The van der Waals surface area contributed by atoms with Crippen LogP contribution in [0.1, 0.15) is 23.6 Å². The summed E-state index contributed by atoms with van der Waals surface area (Å²) in [5.41, 5.74) is 18.8. The smallest absolute Gasteiger partial charge is 0.292 e. The van der Waals surface area contributed by atoms with Crippen LogP contribution in [0, 0.1) is 0 Å². The maximum atomic E-state index is 12.6. The number of aromatic nitrogens is 5. The van der Waals surface area contributed by atoms with Gasteiger partial charge in [0.05, 0.1) is 25.1 Å². The topological polar surface area (TPSA) is 160 Å². The highest BCUT2D eigenvalue weighted by Crippen LogP contribution is 2.33. The zero-order valence-corrected chi connectivity index (χ0v) is 22.2. The lowest BCUT2D eigenvalue weighted by Crippen LogP contribution is -2.38. The zero-order valence-electron chi connectivity index (χ0n) is 22.2. The van der Waals surface area contributed by atoms with Crippen LogP contribution in [0.5, 0.6) is 0 Å². The molecule has 40 heavy (non-hydrogen) atoms. The number of carbonyl (C=O) groups excluding carboxylic acids is 1. The molecule has 0 spiro atoms. The molecule has 0 saturated heterocycles. The Morgan fingerprint density at radius 1 is 1.07 bits per heavy atom. The highest BCUT2D eigenvalue weighted by atomic mass is 16.5. The first kappa shape index (κ1) is 25.7. The van der Waals surface area contributed by atoms with Gasteiger partial charge in [-0.25, -0.2) is 14.6 Å². The Hall–Kier alpha value is -4.55. The van der Waals surface area contributed by atoms with Crippen LogP contribution in [0.2, 0.25) is 0 Å². The normalized spacial score (nSPS) is 13.3. The van der Waals surface area contributed by atoms with Crippen LogP contribution in [-0.2, 0) is 33.8 Å². The number of ether oxygens (including phenoxy) is 2. The fourth-order valence-corrected chi connectivity index (χ4v) is 5.04. The van der Waals surface area contributed by atoms with Crippen LogP contribution in [0.15, 0.2) is 47.1 Å². The third kappa shape index (κ3) is 5.06. The van der Waals surface area contributed by atoms with Crippen molar-refractivity contribution < 1.29 is 18.7 Å². The van der Waals surface area contributed by atoms with Crippen LogP contribution >= 0.6 is 0 Å². The van der Waals surface area contributed by atoms with Gasteiger partial charge in [0.25, 0.3) is 6.01 Å². The Balaban J connectivity index is 1.22. The van der Waals surface area contributed by atoms with E-state index in [1.165, 1.54) is 11.9 Å². The molecule has 4 N–H and O–H groups in total. The molecule has 12 nitrogen and oxygen atoms in total. The molecule has 12 heteroatoms. The van der Waals surface area contributed by atoms with Gasteiger partial charge in [0.15, 0.2) is 11.2 Å². The van der Waals surface area contributed by atoms with Gasteiger partial charge < -0.3 is 30.3 Å². The summed E-state index contributed by atoms with van der Waals surface area (Å²) >= 11 is 0. The van der Waals surface area contributed by atoms with Crippen LogP contribution in [-0.4, -0.2) is 68.5 Å². The third-order valence-corrected chi connectivity index (χ3v) is 7.01. The lowest BCUT2D eigenvalue weighted by Gasteiger charge is -2.29. The molecule has 0 atom stereocenters. The van der Waals surface area contributed by atoms with Gasteiger partial charge in [-0.05, 0) is 48.2 Å². The Morgan fingerprint density at radius 2 is 1.95 bits per heavy atom. The predicted molar refractivity (Wildman–Crippen MR) is 149 cm³/mol. The van der Waals surface area contributed by atoms with Crippen molar-refractivity contribution in [1.82, 2.24) is 29.6 Å². The summed E-state index contributed by atoms with van der Waals surface area (Å²) in [7, 11) is 0. The average molecular weight is 543 g/mol. The van der Waals surface area contributed by atoms with Gasteiger partial charge in [-0.2, -0.15) is 10.1 Å². The fraction of sp³-hybridized carbons (Fsp3) is 0.321. The predicted octanol–water partition coefficient (Wildman–Crippen LogP) is 2.79. The number of carbonyl (C=O) groups is 1. The third-order valence-electron chi connectivity index (χ3n) is 7.01. The molecule has 0 unspecified atom stereocenters. The number of nitrogen functional groups attached to an aromatic ring is 2. The van der Waals surface area contributed by atoms with Crippen molar-refractivity contribution in [3.05, 3.63) is 59.4 Å². The molecular formula is C28H30N8O4. The first-order chi connectivity index (χ1) is 19.5. The van der Waals surface area contributed by atoms with E-state index < -0.39 is 0 Å². The molecular weight excluding hydrogens is 512 g/mol. The van der Waals surface area contributed by atoms with E-state index >= 15 is 0 Å². The highest BCUT2D eigenvalue weighted by molar-refractivity contribution is 5.99. The second-order valence-electron chi connectivity index (χ2n) is 9.62. The Kier molecular flexibility index (Phi) is 7.01. The minimum atomic E-state index is -0.00877. The number of hydrogen-bond acceptors (Lipinski definition) is 10. The molecule has 5 aromatic rings. The first-order valence-corrected chi connectivity index (χ1v) is 13.2. The molecule has 3 aromatic heterocycles. The number of anilines is 2. The van der Waals surface area contributed by atoms with Crippen molar-refractivity contribution >= 4 is 39.9 Å². The number of nitrogens with two attached hydrogens (primary N) is 2. The summed E-state index contributed by atoms with van der Waals surface area (Å²) in [6.07, 6.45) is 2.22. The monoisotopic (exact) mass is 542 g/mol. The van der Waals surface area contributed by atoms with Gasteiger partial charge >= 0.3 is 0 Å². The van der Waals surface area contributed by atoms with Gasteiger partial charge in [-0.3, -0.25) is 4.79 Å². The molecule has 0 radical (unpaired) electrons. The SMILES string of the molecule is CCOCCOCC(=O)N1CCc2cc(Cn3nc(-c4ccc5oc(N)nc5c4)c4c(N)ncnc43)ccc2C1. The number of rotatable bonds is 9. The standard InChI is InChI=1S/C28H30N8O4/c1-2-38-9-10-39-15-23(37)35-8-7-18-11-17(3-4-20(18)14-35)13-36-27-24(26(29)31-16-32-27)25(34-36)19-5-6-22-21(12-19)33-28(30)40-22/h3-6,11-12,16H,2,7-10,13-15H2,1H3,(H2,30,33)(H2,29,31,32). The van der Waals surface area contributed by atoms with Crippen LogP contribution < -0.4 is 11.5 Å². The molecule has 0 bridgehead atoms. The highest BCUT2D eigenvalue weighted by Gasteiger charge is 2.22. The largest absolute Gasteiger partial charge is 0.424 e. The van der Waals surface area contributed by atoms with E-state index in [-0.39, 0.29) is 18.5 Å². The van der Waals surface area contributed by atoms with E-state index in [0.717, 1.165) is 23.1 Å². The number of fused-ring (bicyclic) bond motifs is 3. The van der Waals surface area contributed by atoms with Crippen molar-refractivity contribution in [2.75, 3.05) is 44.4 Å². The number of amides is 1. The lowest BCUT2D eigenvalue weighted by molar-refractivity contribution is -0.137. The summed E-state index contributed by atoms with van der Waals surface area (Å²) in [6, 6.07) is 12.0.